The van der Waals surface area contributed by atoms with Crippen molar-refractivity contribution in [1.82, 2.24) is 0 Å². The van der Waals surface area contributed by atoms with Gasteiger partial charge in [-0.3, -0.25) is 4.79 Å². The number of aryl methyl sites for hydroxylation is 1. The summed E-state index contributed by atoms with van der Waals surface area (Å²) in [5.74, 6) is 0.833. The number of fused-ring (bicyclic) bond motifs is 1. The van der Waals surface area contributed by atoms with Crippen LogP contribution in [-0.2, 0) is 0 Å². The van der Waals surface area contributed by atoms with Crippen molar-refractivity contribution in [2.24, 2.45) is 0 Å². The van der Waals surface area contributed by atoms with Crippen molar-refractivity contribution < 1.29 is 9.21 Å². The predicted molar refractivity (Wildman–Crippen MR) is 57.7 cm³/mol. The number of hydrogen-bond acceptors (Lipinski definition) is 2. The third kappa shape index (κ3) is 1.84. The normalized spacial score (nSPS) is 9.36. The Morgan fingerprint density at radius 3 is 2.64 bits per heavy atom. The second kappa shape index (κ2) is 4.61. The molecule has 2 heteroatoms. The quantitative estimate of drug-likeness (QED) is 0.643. The first-order valence-electron chi connectivity index (χ1n) is 4.75. The van der Waals surface area contributed by atoms with Gasteiger partial charge in [0, 0.05) is 10.9 Å². The number of carbonyl (C=O) groups is 1. The highest BCUT2D eigenvalue weighted by atomic mass is 16.3. The zero-order valence-electron chi connectivity index (χ0n) is 8.70. The fourth-order valence-electron chi connectivity index (χ4n) is 1.31. The van der Waals surface area contributed by atoms with Crippen LogP contribution in [0.25, 0.3) is 11.0 Å². The standard InChI is InChI=1S/C10H8O2.C2H6/c1-7-5-9-8(6-11)3-2-4-10(9)12-7;1-2/h2-6H,1H3;1-2H3. The fraction of sp³-hybridized carbons (Fsp3) is 0.250. The van der Waals surface area contributed by atoms with Crippen LogP contribution in [0.4, 0.5) is 0 Å². The molecule has 0 saturated carbocycles. The zero-order valence-corrected chi connectivity index (χ0v) is 8.70. The van der Waals surface area contributed by atoms with E-state index >= 15 is 0 Å². The SMILES string of the molecule is CC.Cc1cc2c(C=O)cccc2o1. The summed E-state index contributed by atoms with van der Waals surface area (Å²) in [6.07, 6.45) is 0.845. The summed E-state index contributed by atoms with van der Waals surface area (Å²) in [7, 11) is 0. The Morgan fingerprint density at radius 1 is 1.29 bits per heavy atom. The maximum Gasteiger partial charge on any atom is 0.150 e. The van der Waals surface area contributed by atoms with Crippen LogP contribution >= 0.6 is 0 Å². The molecule has 0 amide bonds. The Labute approximate surface area is 83.5 Å². The molecule has 2 aromatic rings. The van der Waals surface area contributed by atoms with Gasteiger partial charge in [0.1, 0.15) is 11.3 Å². The van der Waals surface area contributed by atoms with Crippen LogP contribution in [0, 0.1) is 6.92 Å². The second-order valence-corrected chi connectivity index (χ2v) is 2.73. The van der Waals surface area contributed by atoms with Crippen LogP contribution in [0.2, 0.25) is 0 Å². The molecule has 0 atom stereocenters. The molecule has 2 nitrogen and oxygen atoms in total. The second-order valence-electron chi connectivity index (χ2n) is 2.73. The lowest BCUT2D eigenvalue weighted by Crippen LogP contribution is -1.77. The highest BCUT2D eigenvalue weighted by Gasteiger charge is 2.03. The molecular weight excluding hydrogens is 176 g/mol. The van der Waals surface area contributed by atoms with Gasteiger partial charge in [0.2, 0.25) is 0 Å². The summed E-state index contributed by atoms with van der Waals surface area (Å²) in [6, 6.07) is 7.33. The Morgan fingerprint density at radius 2 is 2.00 bits per heavy atom. The number of hydrogen-bond donors (Lipinski definition) is 0. The fourth-order valence-corrected chi connectivity index (χ4v) is 1.31. The summed E-state index contributed by atoms with van der Waals surface area (Å²) in [6.45, 7) is 5.87. The van der Waals surface area contributed by atoms with Crippen molar-refractivity contribution in [3.05, 3.63) is 35.6 Å². The Bertz CT molecular complexity index is 427. The molecule has 74 valence electrons. The van der Waals surface area contributed by atoms with Crippen LogP contribution in [0.5, 0.6) is 0 Å². The molecule has 0 saturated heterocycles. The summed E-state index contributed by atoms with van der Waals surface area (Å²) in [5, 5.41) is 0.894. The zero-order chi connectivity index (χ0) is 10.6. The average Bonchev–Trinajstić information content (AvgIpc) is 2.60. The molecule has 0 aliphatic rings. The van der Waals surface area contributed by atoms with Crippen molar-refractivity contribution in [2.45, 2.75) is 20.8 Å². The van der Waals surface area contributed by atoms with E-state index in [9.17, 15) is 4.79 Å². The monoisotopic (exact) mass is 190 g/mol. The molecule has 1 heterocycles. The van der Waals surface area contributed by atoms with Gasteiger partial charge in [0.05, 0.1) is 0 Å². The van der Waals surface area contributed by atoms with Gasteiger partial charge in [0.25, 0.3) is 0 Å². The van der Waals surface area contributed by atoms with Gasteiger partial charge in [-0.05, 0) is 19.1 Å². The Kier molecular flexibility index (Phi) is 3.46. The van der Waals surface area contributed by atoms with Crippen molar-refractivity contribution in [3.63, 3.8) is 0 Å². The molecule has 2 rings (SSSR count). The molecule has 0 radical (unpaired) electrons. The van der Waals surface area contributed by atoms with Gasteiger partial charge in [0.15, 0.2) is 6.29 Å². The first kappa shape index (κ1) is 10.5. The summed E-state index contributed by atoms with van der Waals surface area (Å²) < 4.78 is 5.35. The van der Waals surface area contributed by atoms with E-state index in [-0.39, 0.29) is 0 Å². The average molecular weight is 190 g/mol. The van der Waals surface area contributed by atoms with Gasteiger partial charge >= 0.3 is 0 Å². The van der Waals surface area contributed by atoms with Crippen LogP contribution in [0.3, 0.4) is 0 Å². The Balaban J connectivity index is 0.000000461. The van der Waals surface area contributed by atoms with Crippen molar-refractivity contribution >= 4 is 17.3 Å². The molecule has 0 fully saturated rings. The number of carbonyl (C=O) groups excluding carboxylic acids is 1. The highest BCUT2D eigenvalue weighted by molar-refractivity contribution is 5.96. The van der Waals surface area contributed by atoms with Gasteiger partial charge < -0.3 is 4.42 Å². The minimum atomic E-state index is 0.685. The minimum Gasteiger partial charge on any atom is -0.461 e. The van der Waals surface area contributed by atoms with Gasteiger partial charge in [-0.25, -0.2) is 0 Å². The molecule has 0 unspecified atom stereocenters. The maximum absolute atomic E-state index is 10.6. The highest BCUT2D eigenvalue weighted by Crippen LogP contribution is 2.21. The summed E-state index contributed by atoms with van der Waals surface area (Å²) in [4.78, 5) is 10.6. The van der Waals surface area contributed by atoms with Gasteiger partial charge in [-0.2, -0.15) is 0 Å². The van der Waals surface area contributed by atoms with Crippen LogP contribution in [0.15, 0.2) is 28.7 Å². The number of rotatable bonds is 1. The molecule has 0 aliphatic carbocycles. The van der Waals surface area contributed by atoms with Crippen LogP contribution in [0.1, 0.15) is 30.0 Å². The van der Waals surface area contributed by atoms with E-state index in [2.05, 4.69) is 0 Å². The van der Waals surface area contributed by atoms with Gasteiger partial charge in [-0.1, -0.05) is 26.0 Å². The van der Waals surface area contributed by atoms with E-state index in [0.717, 1.165) is 23.0 Å². The van der Waals surface area contributed by atoms with E-state index < -0.39 is 0 Å². The number of benzene rings is 1. The third-order valence-electron chi connectivity index (χ3n) is 1.85. The largest absolute Gasteiger partial charge is 0.461 e. The number of aldehydes is 1. The molecule has 14 heavy (non-hydrogen) atoms. The molecule has 0 aliphatic heterocycles. The first-order chi connectivity index (χ1) is 6.81. The van der Waals surface area contributed by atoms with E-state index in [4.69, 9.17) is 4.42 Å². The van der Waals surface area contributed by atoms with E-state index in [0.29, 0.717) is 5.56 Å². The van der Waals surface area contributed by atoms with E-state index in [1.165, 1.54) is 0 Å². The third-order valence-corrected chi connectivity index (χ3v) is 1.85. The lowest BCUT2D eigenvalue weighted by molar-refractivity contribution is 0.112. The predicted octanol–water partition coefficient (Wildman–Crippen LogP) is 3.58. The summed E-state index contributed by atoms with van der Waals surface area (Å²) in [5.41, 5.74) is 1.46. The smallest absolute Gasteiger partial charge is 0.150 e. The molecule has 0 N–H and O–H groups in total. The number of furan rings is 1. The van der Waals surface area contributed by atoms with Gasteiger partial charge in [-0.15, -0.1) is 0 Å². The minimum absolute atomic E-state index is 0.685. The van der Waals surface area contributed by atoms with Crippen LogP contribution in [-0.4, -0.2) is 6.29 Å². The van der Waals surface area contributed by atoms with Crippen LogP contribution < -0.4 is 0 Å². The maximum atomic E-state index is 10.6. The first-order valence-corrected chi connectivity index (χ1v) is 4.75. The molecule has 1 aromatic carbocycles. The van der Waals surface area contributed by atoms with Crippen molar-refractivity contribution in [1.29, 1.82) is 0 Å². The van der Waals surface area contributed by atoms with Crippen molar-refractivity contribution in [2.75, 3.05) is 0 Å². The summed E-state index contributed by atoms with van der Waals surface area (Å²) >= 11 is 0. The molecule has 0 bridgehead atoms. The van der Waals surface area contributed by atoms with E-state index in [1.54, 1.807) is 6.07 Å². The van der Waals surface area contributed by atoms with E-state index in [1.807, 2.05) is 39.0 Å². The lowest BCUT2D eigenvalue weighted by atomic mass is 10.1. The molecular formula is C12H14O2. The lowest BCUT2D eigenvalue weighted by Gasteiger charge is -1.89. The topological polar surface area (TPSA) is 30.2 Å². The Hall–Kier alpha value is -1.57. The molecule has 0 spiro atoms. The molecule has 1 aromatic heterocycles. The van der Waals surface area contributed by atoms with Crippen molar-refractivity contribution in [3.8, 4) is 0 Å².